The van der Waals surface area contributed by atoms with Gasteiger partial charge in [0, 0.05) is 34.0 Å². The van der Waals surface area contributed by atoms with Crippen LogP contribution in [0.4, 0.5) is 51.2 Å². The molecule has 0 fully saturated rings. The fourth-order valence-corrected chi connectivity index (χ4v) is 15.5. The van der Waals surface area contributed by atoms with Crippen molar-refractivity contribution < 1.29 is 5.48 Å². The van der Waals surface area contributed by atoms with Crippen LogP contribution in [0.25, 0.3) is 22.3 Å². The first-order chi connectivity index (χ1) is 53.4. The normalized spacial score (nSPS) is 12.0. The zero-order chi connectivity index (χ0) is 84.5. The third kappa shape index (κ3) is 24.2. The van der Waals surface area contributed by atoms with E-state index in [1.54, 1.807) is 0 Å². The quantitative estimate of drug-likeness (QED) is 0.0853. The van der Waals surface area contributed by atoms with Gasteiger partial charge in [-0.15, -0.1) is 24.0 Å². The van der Waals surface area contributed by atoms with Crippen LogP contribution in [0.3, 0.4) is 0 Å². The summed E-state index contributed by atoms with van der Waals surface area (Å²) in [6, 6.07) is 93.4. The van der Waals surface area contributed by atoms with Gasteiger partial charge in [0.25, 0.3) is 0 Å². The molecular formula is C109H134Cl3IN3OP. The van der Waals surface area contributed by atoms with Gasteiger partial charge in [-0.25, -0.2) is 0 Å². The predicted molar refractivity (Wildman–Crippen MR) is 537 cm³/mol. The Morgan fingerprint density at radius 1 is 0.246 bits per heavy atom. The average molecular weight is 1770 g/mol. The lowest BCUT2D eigenvalue weighted by Gasteiger charge is -2.33. The van der Waals surface area contributed by atoms with E-state index in [4.69, 9.17) is 34.8 Å². The van der Waals surface area contributed by atoms with Crippen molar-refractivity contribution in [2.24, 2.45) is 0 Å². The first-order valence-corrected chi connectivity index (χ1v) is 42.3. The van der Waals surface area contributed by atoms with Crippen molar-refractivity contribution >= 4 is 120 Å². The summed E-state index contributed by atoms with van der Waals surface area (Å²) < 4.78 is 0. The average Bonchev–Trinajstić information content (AvgIpc) is 0.756. The third-order valence-corrected chi connectivity index (χ3v) is 23.1. The Morgan fingerprint density at radius 2 is 0.492 bits per heavy atom. The van der Waals surface area contributed by atoms with E-state index in [9.17, 15) is 0 Å². The molecule has 0 spiro atoms. The van der Waals surface area contributed by atoms with E-state index < -0.39 is 0 Å². The Bertz CT molecular complexity index is 5190. The highest BCUT2D eigenvalue weighted by molar-refractivity contribution is 14.0. The van der Waals surface area contributed by atoms with Crippen LogP contribution in [-0.4, -0.2) is 5.48 Å². The Hall–Kier alpha value is -7.97. The summed E-state index contributed by atoms with van der Waals surface area (Å²) >= 11 is 20.8. The molecule has 0 saturated heterocycles. The molecule has 0 bridgehead atoms. The van der Waals surface area contributed by atoms with Gasteiger partial charge in [0.2, 0.25) is 0 Å². The lowest BCUT2D eigenvalue weighted by atomic mass is 9.82. The number of benzene rings is 12. The molecule has 1 unspecified atom stereocenters. The summed E-state index contributed by atoms with van der Waals surface area (Å²) in [7, 11) is 0. The largest absolute Gasteiger partial charge is 0.412 e. The fraction of sp³-hybridized carbons (Fsp3) is 0.339. The number of nitrogens with zero attached hydrogens (tertiary/aromatic N) is 3. The number of aryl methyl sites for hydroxylation is 4. The van der Waals surface area contributed by atoms with Gasteiger partial charge in [0.05, 0.1) is 37.8 Å². The Balaban J connectivity index is 0.000000266. The minimum atomic E-state index is -0.0333. The molecule has 4 nitrogen and oxygen atoms in total. The zero-order valence-corrected chi connectivity index (χ0v) is 82.1. The second-order valence-corrected chi connectivity index (χ2v) is 41.3. The molecule has 9 heteroatoms. The molecule has 0 aliphatic heterocycles. The highest BCUT2D eigenvalue weighted by Crippen LogP contribution is 2.51. The fourth-order valence-electron chi connectivity index (χ4n) is 14.8. The molecule has 12 aromatic carbocycles. The first kappa shape index (κ1) is 97.2. The molecule has 0 amide bonds. The molecule has 2 N–H and O–H groups in total. The van der Waals surface area contributed by atoms with Gasteiger partial charge < -0.3 is 20.2 Å². The van der Waals surface area contributed by atoms with E-state index in [-0.39, 0.29) is 82.7 Å². The number of halogens is 4. The van der Waals surface area contributed by atoms with Crippen molar-refractivity contribution in [3.8, 4) is 22.3 Å². The first-order valence-electron chi connectivity index (χ1n) is 41.1. The molecule has 1 atom stereocenters. The molecule has 0 heterocycles. The van der Waals surface area contributed by atoms with Crippen LogP contribution < -0.4 is 14.7 Å². The predicted octanol–water partition coefficient (Wildman–Crippen LogP) is 33.8. The van der Waals surface area contributed by atoms with Crippen LogP contribution in [0, 0.1) is 27.7 Å². The summed E-state index contributed by atoms with van der Waals surface area (Å²) in [5, 5.41) is 1.77. The van der Waals surface area contributed by atoms with Crippen molar-refractivity contribution in [3.63, 3.8) is 0 Å². The van der Waals surface area contributed by atoms with Crippen molar-refractivity contribution in [2.75, 3.05) is 14.7 Å². The molecule has 0 aliphatic rings. The van der Waals surface area contributed by atoms with E-state index in [2.05, 4.69) is 445 Å². The Labute approximate surface area is 747 Å². The molecule has 624 valence electrons. The van der Waals surface area contributed by atoms with Crippen LogP contribution >= 0.6 is 68.7 Å². The maximum Gasteiger partial charge on any atom is 0.0887 e. The summed E-state index contributed by atoms with van der Waals surface area (Å²) in [6.07, 6.45) is 0.956. The van der Waals surface area contributed by atoms with Crippen molar-refractivity contribution in [1.82, 2.24) is 0 Å². The molecule has 0 saturated carbocycles. The van der Waals surface area contributed by atoms with Crippen molar-refractivity contribution in [2.45, 2.75) is 244 Å². The van der Waals surface area contributed by atoms with Crippen LogP contribution in [0.2, 0.25) is 15.1 Å². The van der Waals surface area contributed by atoms with Crippen LogP contribution in [0.1, 0.15) is 244 Å². The summed E-state index contributed by atoms with van der Waals surface area (Å²) in [5.74, 6) is 0. The Morgan fingerprint density at radius 3 is 0.805 bits per heavy atom. The Kier molecular flexibility index (Phi) is 31.6. The number of hydrogen-bond acceptors (Lipinski definition) is 3. The topological polar surface area (TPSA) is 41.2 Å². The van der Waals surface area contributed by atoms with E-state index in [0.29, 0.717) is 15.1 Å². The highest BCUT2D eigenvalue weighted by atomic mass is 127. The molecular weight excluding hydrogens is 1630 g/mol. The standard InChI is InChI=1S/C54H63ClN2.C29H36.C26H29Cl2N.HI.H2O.H3P/c1-36-32-37(2)34-38(33-36)46-35-42(54(12,13)14)24-31-47(46)57(45-29-22-41(23-30-45)53(9,10)11)49-17-15-16-48(50(49)55)56(43-25-18-39(19-26-43)51(3,4)5)44-27-20-40(21-28-44)52(6,7)8;1-20-15-21(2)17-24(16-20)27-19-26(29(6,7)8)14-11-23(27)18-22-9-12-25(13-10-22)28(3,4)5;1-25(2,3)18-10-14-20(15-11-18)29(23-9-7-8-22(27)24(23)28)21-16-12-19(13-17-21)26(4,5)6;;;/h15-35H,1-14H3;9-17,19H,18H2,1-8H3;7-17H,1-6H3;1H;1H2;1H3. The van der Waals surface area contributed by atoms with E-state index in [0.717, 1.165) is 57.6 Å². The van der Waals surface area contributed by atoms with Crippen molar-refractivity contribution in [1.29, 1.82) is 0 Å². The SMILES string of the molecule is CC(C)(C)c1ccc(N(c2ccc(C(C)(C)C)cc2)c2cccc(Cl)c2Cl)cc1.Cc1cc(C)cc(-c2cc(C(C)(C)C)ccc2Cc2ccc(C(C)(C)C)cc2)c1.Cc1cc(C)cc(-c2cc(C(C)(C)C)ccc2N(c2ccc(C(C)(C)C)cc2)c2cccc(N(c3ccc(C(C)(C)C)cc3)c3ccc(C(C)(C)C)cc3)c2Cl)c1.I.O.P. The zero-order valence-electron chi connectivity index (χ0n) is 76.0. The molecule has 0 aromatic heterocycles. The van der Waals surface area contributed by atoms with Gasteiger partial charge in [-0.1, -0.05) is 381 Å². The summed E-state index contributed by atoms with van der Waals surface area (Å²) in [6.45, 7) is 62.9. The monoisotopic (exact) mass is 1760 g/mol. The second kappa shape index (κ2) is 38.4. The summed E-state index contributed by atoms with van der Waals surface area (Å²) in [5.41, 5.74) is 33.1. The number of anilines is 9. The van der Waals surface area contributed by atoms with E-state index in [1.807, 2.05) is 18.2 Å². The number of rotatable bonds is 13. The van der Waals surface area contributed by atoms with E-state index >= 15 is 0 Å². The number of hydrogen-bond donors (Lipinski definition) is 0. The minimum absolute atomic E-state index is 0. The molecule has 0 aliphatic carbocycles. The van der Waals surface area contributed by atoms with Gasteiger partial charge in [-0.05, 0) is 247 Å². The minimum Gasteiger partial charge on any atom is -0.412 e. The van der Waals surface area contributed by atoms with Crippen LogP contribution in [-0.2, 0) is 49.7 Å². The van der Waals surface area contributed by atoms with E-state index in [1.165, 1.54) is 100 Å². The molecule has 12 aromatic rings. The van der Waals surface area contributed by atoms with Crippen LogP contribution in [0.5, 0.6) is 0 Å². The third-order valence-electron chi connectivity index (χ3n) is 21.9. The maximum atomic E-state index is 7.88. The summed E-state index contributed by atoms with van der Waals surface area (Å²) in [4.78, 5) is 6.83. The lowest BCUT2D eigenvalue weighted by Crippen LogP contribution is -2.17. The van der Waals surface area contributed by atoms with Gasteiger partial charge in [-0.3, -0.25) is 0 Å². The van der Waals surface area contributed by atoms with Gasteiger partial charge >= 0.3 is 0 Å². The highest BCUT2D eigenvalue weighted by Gasteiger charge is 2.29. The molecule has 118 heavy (non-hydrogen) atoms. The molecule has 12 rings (SSSR count). The van der Waals surface area contributed by atoms with Gasteiger partial charge in [0.15, 0.2) is 0 Å². The molecule has 0 radical (unpaired) electrons. The maximum absolute atomic E-state index is 7.88. The van der Waals surface area contributed by atoms with Gasteiger partial charge in [-0.2, -0.15) is 9.90 Å². The smallest absolute Gasteiger partial charge is 0.0887 e. The van der Waals surface area contributed by atoms with Crippen LogP contribution in [0.15, 0.2) is 255 Å². The lowest BCUT2D eigenvalue weighted by molar-refractivity contribution is 0.589. The van der Waals surface area contributed by atoms with Gasteiger partial charge in [0.1, 0.15) is 0 Å². The van der Waals surface area contributed by atoms with Crippen molar-refractivity contribution in [3.05, 3.63) is 348 Å². The second-order valence-electron chi connectivity index (χ2n) is 40.2.